The third-order valence-corrected chi connectivity index (χ3v) is 5.77. The predicted octanol–water partition coefficient (Wildman–Crippen LogP) is 4.15. The van der Waals surface area contributed by atoms with E-state index in [2.05, 4.69) is 50.9 Å². The molecule has 1 aromatic heterocycles. The molecule has 7 heteroatoms. The van der Waals surface area contributed by atoms with Crippen molar-refractivity contribution in [2.24, 2.45) is 0 Å². The average molecular weight is 444 g/mol. The van der Waals surface area contributed by atoms with E-state index in [-0.39, 0.29) is 0 Å². The molecule has 2 aromatic carbocycles. The summed E-state index contributed by atoms with van der Waals surface area (Å²) in [5.41, 5.74) is 5.31. The van der Waals surface area contributed by atoms with Crippen molar-refractivity contribution in [1.29, 1.82) is 0 Å². The second-order valence-electron chi connectivity index (χ2n) is 8.10. The summed E-state index contributed by atoms with van der Waals surface area (Å²) in [7, 11) is 0. The second kappa shape index (κ2) is 10.5. The van der Waals surface area contributed by atoms with Gasteiger partial charge in [-0.15, -0.1) is 0 Å². The first-order chi connectivity index (χ1) is 16.3. The SMILES string of the molecule is C1=CCNCc2cc(ccc2N2CCOCC2)Nc2nccc(n2)-c2cccc(c2)OCC1. The van der Waals surface area contributed by atoms with Crippen molar-refractivity contribution in [3.8, 4) is 17.0 Å². The number of rotatable bonds is 1. The monoisotopic (exact) mass is 443 g/mol. The van der Waals surface area contributed by atoms with Crippen LogP contribution in [0.1, 0.15) is 12.0 Å². The largest absolute Gasteiger partial charge is 0.493 e. The number of morpholine rings is 1. The first kappa shape index (κ1) is 21.4. The minimum Gasteiger partial charge on any atom is -0.493 e. The molecule has 0 spiro atoms. The van der Waals surface area contributed by atoms with Gasteiger partial charge < -0.3 is 25.0 Å². The Morgan fingerprint density at radius 3 is 2.82 bits per heavy atom. The second-order valence-corrected chi connectivity index (χ2v) is 8.10. The number of nitrogens with one attached hydrogen (secondary N) is 2. The van der Waals surface area contributed by atoms with Gasteiger partial charge in [-0.3, -0.25) is 0 Å². The molecule has 1 saturated heterocycles. The minimum atomic E-state index is 0.570. The lowest BCUT2D eigenvalue weighted by molar-refractivity contribution is 0.122. The number of hydrogen-bond donors (Lipinski definition) is 2. The molecule has 0 unspecified atom stereocenters. The van der Waals surface area contributed by atoms with Crippen LogP contribution in [0.15, 0.2) is 66.9 Å². The number of hydrogen-bond acceptors (Lipinski definition) is 7. The molecule has 1 fully saturated rings. The zero-order valence-corrected chi connectivity index (χ0v) is 18.7. The van der Waals surface area contributed by atoms with Gasteiger partial charge in [0, 0.05) is 49.3 Å². The van der Waals surface area contributed by atoms with Gasteiger partial charge >= 0.3 is 0 Å². The van der Waals surface area contributed by atoms with E-state index in [0.717, 1.165) is 68.5 Å². The number of benzene rings is 2. The summed E-state index contributed by atoms with van der Waals surface area (Å²) < 4.78 is 11.5. The van der Waals surface area contributed by atoms with E-state index >= 15 is 0 Å². The van der Waals surface area contributed by atoms with Crippen LogP contribution in [0, 0.1) is 0 Å². The standard InChI is InChI=1S/C26H29N5O2/c1-2-10-27-19-21-17-22(7-8-25(21)31-12-15-32-16-13-31)29-26-28-11-9-24(30-26)20-5-4-6-23(18-20)33-14-3-1/h1-2,4-9,11,17-18,27H,3,10,12-16,19H2,(H,28,29,30). The highest BCUT2D eigenvalue weighted by Crippen LogP contribution is 2.28. The first-order valence-electron chi connectivity index (χ1n) is 11.5. The Kier molecular flexibility index (Phi) is 6.79. The molecule has 0 amide bonds. The van der Waals surface area contributed by atoms with Crippen molar-refractivity contribution in [3.63, 3.8) is 0 Å². The lowest BCUT2D eigenvalue weighted by Gasteiger charge is -2.31. The number of anilines is 3. The number of aromatic nitrogens is 2. The average Bonchev–Trinajstić information content (AvgIpc) is 2.86. The Bertz CT molecular complexity index is 1110. The quantitative estimate of drug-likeness (QED) is 0.548. The summed E-state index contributed by atoms with van der Waals surface area (Å²) in [5, 5.41) is 6.93. The van der Waals surface area contributed by atoms with E-state index in [4.69, 9.17) is 14.5 Å². The molecule has 2 aliphatic rings. The van der Waals surface area contributed by atoms with Gasteiger partial charge in [-0.05, 0) is 48.4 Å². The maximum absolute atomic E-state index is 5.93. The van der Waals surface area contributed by atoms with Crippen LogP contribution in [-0.4, -0.2) is 49.4 Å². The van der Waals surface area contributed by atoms with Crippen molar-refractivity contribution >= 4 is 17.3 Å². The van der Waals surface area contributed by atoms with Crippen LogP contribution in [0.5, 0.6) is 5.75 Å². The molecule has 5 rings (SSSR count). The Balaban J connectivity index is 1.47. The van der Waals surface area contributed by atoms with Crippen LogP contribution in [-0.2, 0) is 11.3 Å². The van der Waals surface area contributed by atoms with Crippen LogP contribution in [0.4, 0.5) is 17.3 Å². The van der Waals surface area contributed by atoms with Crippen LogP contribution < -0.4 is 20.3 Å². The van der Waals surface area contributed by atoms with E-state index in [1.165, 1.54) is 11.3 Å². The maximum atomic E-state index is 5.93. The summed E-state index contributed by atoms with van der Waals surface area (Å²) in [5.74, 6) is 1.41. The summed E-state index contributed by atoms with van der Waals surface area (Å²) in [4.78, 5) is 11.6. The molecule has 0 saturated carbocycles. The van der Waals surface area contributed by atoms with E-state index in [1.54, 1.807) is 6.20 Å². The van der Waals surface area contributed by atoms with E-state index in [1.807, 2.05) is 30.3 Å². The summed E-state index contributed by atoms with van der Waals surface area (Å²) in [6.45, 7) is 5.56. The Morgan fingerprint density at radius 2 is 1.88 bits per heavy atom. The van der Waals surface area contributed by atoms with Gasteiger partial charge in [-0.1, -0.05) is 24.3 Å². The van der Waals surface area contributed by atoms with E-state index in [9.17, 15) is 0 Å². The maximum Gasteiger partial charge on any atom is 0.227 e. The van der Waals surface area contributed by atoms with Crippen molar-refractivity contribution in [2.45, 2.75) is 13.0 Å². The molecule has 2 N–H and O–H groups in total. The zero-order valence-electron chi connectivity index (χ0n) is 18.7. The number of nitrogens with zero attached hydrogens (tertiary/aromatic N) is 3. The van der Waals surface area contributed by atoms with Crippen molar-refractivity contribution in [2.75, 3.05) is 49.7 Å². The fraction of sp³-hybridized carbons (Fsp3) is 0.308. The van der Waals surface area contributed by atoms with Crippen LogP contribution in [0.25, 0.3) is 11.3 Å². The Labute approximate surface area is 194 Å². The fourth-order valence-corrected chi connectivity index (χ4v) is 4.11. The summed E-state index contributed by atoms with van der Waals surface area (Å²) in [6.07, 6.45) is 6.98. The van der Waals surface area contributed by atoms with E-state index in [0.29, 0.717) is 12.6 Å². The predicted molar refractivity (Wildman–Crippen MR) is 131 cm³/mol. The molecule has 2 aliphatic heterocycles. The van der Waals surface area contributed by atoms with E-state index < -0.39 is 0 Å². The van der Waals surface area contributed by atoms with Gasteiger partial charge in [0.15, 0.2) is 0 Å². The highest BCUT2D eigenvalue weighted by atomic mass is 16.5. The topological polar surface area (TPSA) is 71.5 Å². The molecule has 0 atom stereocenters. The number of fused-ring (bicyclic) bond motifs is 7. The molecular weight excluding hydrogens is 414 g/mol. The third-order valence-electron chi connectivity index (χ3n) is 5.77. The molecule has 3 aromatic rings. The molecule has 170 valence electrons. The molecule has 6 bridgehead atoms. The molecule has 33 heavy (non-hydrogen) atoms. The summed E-state index contributed by atoms with van der Waals surface area (Å²) in [6, 6.07) is 16.4. The smallest absolute Gasteiger partial charge is 0.227 e. The van der Waals surface area contributed by atoms with Gasteiger partial charge in [0.1, 0.15) is 5.75 Å². The molecule has 0 aliphatic carbocycles. The van der Waals surface area contributed by atoms with Gasteiger partial charge in [0.25, 0.3) is 0 Å². The lowest BCUT2D eigenvalue weighted by Crippen LogP contribution is -2.37. The third kappa shape index (κ3) is 5.50. The lowest BCUT2D eigenvalue weighted by atomic mass is 10.1. The van der Waals surface area contributed by atoms with Gasteiger partial charge in [-0.2, -0.15) is 0 Å². The highest BCUT2D eigenvalue weighted by Gasteiger charge is 2.15. The number of ether oxygens (including phenoxy) is 2. The molecule has 0 radical (unpaired) electrons. The van der Waals surface area contributed by atoms with Crippen molar-refractivity contribution in [1.82, 2.24) is 15.3 Å². The van der Waals surface area contributed by atoms with Crippen LogP contribution in [0.2, 0.25) is 0 Å². The molecule has 7 nitrogen and oxygen atoms in total. The van der Waals surface area contributed by atoms with Crippen molar-refractivity contribution in [3.05, 3.63) is 72.4 Å². The Morgan fingerprint density at radius 1 is 0.939 bits per heavy atom. The fourth-order valence-electron chi connectivity index (χ4n) is 4.11. The molecular formula is C26H29N5O2. The first-order valence-corrected chi connectivity index (χ1v) is 11.5. The summed E-state index contributed by atoms with van der Waals surface area (Å²) >= 11 is 0. The van der Waals surface area contributed by atoms with Gasteiger partial charge in [0.2, 0.25) is 5.95 Å². The molecule has 3 heterocycles. The minimum absolute atomic E-state index is 0.570. The van der Waals surface area contributed by atoms with Gasteiger partial charge in [-0.25, -0.2) is 9.97 Å². The van der Waals surface area contributed by atoms with Crippen LogP contribution >= 0.6 is 0 Å². The van der Waals surface area contributed by atoms with Crippen LogP contribution in [0.3, 0.4) is 0 Å². The van der Waals surface area contributed by atoms with Crippen molar-refractivity contribution < 1.29 is 9.47 Å². The van der Waals surface area contributed by atoms with Gasteiger partial charge in [0.05, 0.1) is 25.5 Å². The zero-order chi connectivity index (χ0) is 22.3. The normalized spacial score (nSPS) is 16.8. The Hall–Kier alpha value is -3.42. The highest BCUT2D eigenvalue weighted by molar-refractivity contribution is 5.66.